The second-order valence-corrected chi connectivity index (χ2v) is 7.20. The molecule has 2 nitrogen and oxygen atoms in total. The summed E-state index contributed by atoms with van der Waals surface area (Å²) in [7, 11) is 0. The minimum atomic E-state index is 0.290. The maximum atomic E-state index is 5.76. The summed E-state index contributed by atoms with van der Waals surface area (Å²) < 4.78 is 7.85. The molecular weight excluding hydrogens is 370 g/mol. The average molecular weight is 391 g/mol. The van der Waals surface area contributed by atoms with Crippen LogP contribution in [0.3, 0.4) is 0 Å². The van der Waals surface area contributed by atoms with Gasteiger partial charge in [-0.2, -0.15) is 0 Å². The van der Waals surface area contributed by atoms with Crippen LogP contribution in [0.2, 0.25) is 0 Å². The van der Waals surface area contributed by atoms with Gasteiger partial charge in [0.25, 0.3) is 0 Å². The quantitative estimate of drug-likeness (QED) is 0.760. The zero-order valence-electron chi connectivity index (χ0n) is 11.6. The molecule has 106 valence electrons. The second kappa shape index (κ2) is 6.59. The molecule has 4 heteroatoms. The molecule has 0 spiro atoms. The van der Waals surface area contributed by atoms with Crippen molar-refractivity contribution in [3.8, 4) is 5.75 Å². The van der Waals surface area contributed by atoms with Crippen LogP contribution in [-0.4, -0.2) is 12.1 Å². The Morgan fingerprint density at radius 3 is 2.58 bits per heavy atom. The highest BCUT2D eigenvalue weighted by Gasteiger charge is 2.28. The molecule has 1 aliphatic carbocycles. The van der Waals surface area contributed by atoms with E-state index < -0.39 is 0 Å². The smallest absolute Gasteiger partial charge is 0.138 e. The summed E-state index contributed by atoms with van der Waals surface area (Å²) in [5.41, 5.74) is 1.49. The Kier molecular flexibility index (Phi) is 5.32. The van der Waals surface area contributed by atoms with Crippen molar-refractivity contribution in [2.75, 3.05) is 6.61 Å². The van der Waals surface area contributed by atoms with Crippen molar-refractivity contribution < 1.29 is 4.74 Å². The second-order valence-electron chi connectivity index (χ2n) is 5.43. The van der Waals surface area contributed by atoms with E-state index in [-0.39, 0.29) is 5.54 Å². The molecule has 0 aliphatic heterocycles. The lowest BCUT2D eigenvalue weighted by Crippen LogP contribution is -2.38. The summed E-state index contributed by atoms with van der Waals surface area (Å²) in [4.78, 5) is 0. The molecule has 0 aromatic heterocycles. The van der Waals surface area contributed by atoms with E-state index in [1.165, 1.54) is 31.2 Å². The van der Waals surface area contributed by atoms with E-state index in [1.54, 1.807) is 0 Å². The molecule has 0 atom stereocenters. The van der Waals surface area contributed by atoms with Crippen molar-refractivity contribution in [1.29, 1.82) is 0 Å². The van der Waals surface area contributed by atoms with E-state index in [9.17, 15) is 0 Å². The summed E-state index contributed by atoms with van der Waals surface area (Å²) >= 11 is 7.13. The highest BCUT2D eigenvalue weighted by atomic mass is 79.9. The number of hydrogen-bond donors (Lipinski definition) is 1. The van der Waals surface area contributed by atoms with Crippen molar-refractivity contribution in [2.45, 2.75) is 51.6 Å². The van der Waals surface area contributed by atoms with Gasteiger partial charge in [-0.1, -0.05) is 28.8 Å². The number of hydrogen-bond acceptors (Lipinski definition) is 2. The molecule has 1 fully saturated rings. The summed E-state index contributed by atoms with van der Waals surface area (Å²) in [5.74, 6) is 0.958. The molecule has 0 heterocycles. The van der Waals surface area contributed by atoms with Crippen molar-refractivity contribution >= 4 is 31.9 Å². The van der Waals surface area contributed by atoms with Crippen molar-refractivity contribution in [3.05, 3.63) is 26.6 Å². The largest absolute Gasteiger partial charge is 0.492 e. The van der Waals surface area contributed by atoms with Gasteiger partial charge in [0, 0.05) is 22.1 Å². The van der Waals surface area contributed by atoms with Crippen LogP contribution in [0.1, 0.15) is 45.1 Å². The number of nitrogens with one attached hydrogen (secondary N) is 1. The molecule has 0 amide bonds. The van der Waals surface area contributed by atoms with Crippen LogP contribution in [0.15, 0.2) is 21.1 Å². The SMILES string of the molecule is CCOc1c(Br)cc(Br)cc1CNC1(C)CCCC1. The standard InChI is InChI=1S/C15H21Br2NO/c1-3-19-14-11(8-12(16)9-13(14)17)10-18-15(2)6-4-5-7-15/h8-9,18H,3-7,10H2,1-2H3. The van der Waals surface area contributed by atoms with E-state index in [2.05, 4.69) is 50.2 Å². The molecule has 0 unspecified atom stereocenters. The first kappa shape index (κ1) is 15.3. The molecule has 1 aromatic rings. The minimum absolute atomic E-state index is 0.290. The van der Waals surface area contributed by atoms with Gasteiger partial charge in [0.15, 0.2) is 0 Å². The number of rotatable bonds is 5. The number of benzene rings is 1. The van der Waals surface area contributed by atoms with Gasteiger partial charge in [0.1, 0.15) is 5.75 Å². The van der Waals surface area contributed by atoms with E-state index >= 15 is 0 Å². The van der Waals surface area contributed by atoms with E-state index in [4.69, 9.17) is 4.74 Å². The predicted octanol–water partition coefficient (Wildman–Crippen LogP) is 5.03. The highest BCUT2D eigenvalue weighted by Crippen LogP contribution is 2.34. The third-order valence-corrected chi connectivity index (χ3v) is 4.83. The number of halogens is 2. The van der Waals surface area contributed by atoms with Crippen molar-refractivity contribution in [3.63, 3.8) is 0 Å². The Morgan fingerprint density at radius 2 is 1.95 bits per heavy atom. The first-order valence-electron chi connectivity index (χ1n) is 6.90. The van der Waals surface area contributed by atoms with Crippen molar-refractivity contribution in [2.24, 2.45) is 0 Å². The Balaban J connectivity index is 2.14. The fraction of sp³-hybridized carbons (Fsp3) is 0.600. The van der Waals surface area contributed by atoms with Gasteiger partial charge in [-0.05, 0) is 54.8 Å². The lowest BCUT2D eigenvalue weighted by atomic mass is 10.0. The molecule has 0 radical (unpaired) electrons. The fourth-order valence-electron chi connectivity index (χ4n) is 2.69. The zero-order chi connectivity index (χ0) is 13.9. The minimum Gasteiger partial charge on any atom is -0.492 e. The van der Waals surface area contributed by atoms with Crippen LogP contribution in [0.25, 0.3) is 0 Å². The topological polar surface area (TPSA) is 21.3 Å². The Morgan fingerprint density at radius 1 is 1.26 bits per heavy atom. The van der Waals surface area contributed by atoms with Crippen molar-refractivity contribution in [1.82, 2.24) is 5.32 Å². The van der Waals surface area contributed by atoms with Gasteiger partial charge in [-0.25, -0.2) is 0 Å². The molecule has 0 saturated heterocycles. The van der Waals surface area contributed by atoms with Gasteiger partial charge in [-0.15, -0.1) is 0 Å². The molecule has 1 aromatic carbocycles. The van der Waals surface area contributed by atoms with E-state index in [1.807, 2.05) is 13.0 Å². The first-order valence-corrected chi connectivity index (χ1v) is 8.48. The Labute approximate surface area is 132 Å². The zero-order valence-corrected chi connectivity index (χ0v) is 14.7. The average Bonchev–Trinajstić information content (AvgIpc) is 2.78. The third-order valence-electron chi connectivity index (χ3n) is 3.79. The van der Waals surface area contributed by atoms with Gasteiger partial charge >= 0.3 is 0 Å². The summed E-state index contributed by atoms with van der Waals surface area (Å²) in [6, 6.07) is 4.17. The van der Waals surface area contributed by atoms with Crippen LogP contribution in [0.5, 0.6) is 5.75 Å². The first-order chi connectivity index (χ1) is 9.04. The molecule has 19 heavy (non-hydrogen) atoms. The Hall–Kier alpha value is -0.0600. The van der Waals surface area contributed by atoms with Crippen LogP contribution in [0, 0.1) is 0 Å². The molecular formula is C15H21Br2NO. The summed E-state index contributed by atoms with van der Waals surface area (Å²) in [6.45, 7) is 5.88. The van der Waals surface area contributed by atoms with Crippen LogP contribution in [0.4, 0.5) is 0 Å². The van der Waals surface area contributed by atoms with E-state index in [0.717, 1.165) is 21.2 Å². The van der Waals surface area contributed by atoms with Gasteiger partial charge in [0.05, 0.1) is 11.1 Å². The van der Waals surface area contributed by atoms with Gasteiger partial charge < -0.3 is 10.1 Å². The number of ether oxygens (including phenoxy) is 1. The highest BCUT2D eigenvalue weighted by molar-refractivity contribution is 9.11. The Bertz CT molecular complexity index is 442. The molecule has 1 aliphatic rings. The molecule has 2 rings (SSSR count). The summed E-state index contributed by atoms with van der Waals surface area (Å²) in [6.07, 6.45) is 5.21. The van der Waals surface area contributed by atoms with Gasteiger partial charge in [-0.3, -0.25) is 0 Å². The normalized spacial score (nSPS) is 17.7. The summed E-state index contributed by atoms with van der Waals surface area (Å²) in [5, 5.41) is 3.71. The van der Waals surface area contributed by atoms with Crippen LogP contribution < -0.4 is 10.1 Å². The fourth-order valence-corrected chi connectivity index (χ4v) is 4.12. The monoisotopic (exact) mass is 389 g/mol. The maximum Gasteiger partial charge on any atom is 0.138 e. The van der Waals surface area contributed by atoms with E-state index in [0.29, 0.717) is 6.61 Å². The molecule has 1 N–H and O–H groups in total. The third kappa shape index (κ3) is 3.96. The maximum absolute atomic E-state index is 5.76. The van der Waals surface area contributed by atoms with Crippen LogP contribution in [-0.2, 0) is 6.54 Å². The lowest BCUT2D eigenvalue weighted by molar-refractivity contribution is 0.324. The lowest BCUT2D eigenvalue weighted by Gasteiger charge is -2.26. The molecule has 1 saturated carbocycles. The van der Waals surface area contributed by atoms with Crippen LogP contribution >= 0.6 is 31.9 Å². The predicted molar refractivity (Wildman–Crippen MR) is 86.7 cm³/mol. The molecule has 0 bridgehead atoms. The van der Waals surface area contributed by atoms with Gasteiger partial charge in [0.2, 0.25) is 0 Å².